The van der Waals surface area contributed by atoms with Gasteiger partial charge in [0.05, 0.1) is 93.1 Å². The molecular weight excluding hydrogens is 666 g/mol. The first-order chi connectivity index (χ1) is 23.0. The summed E-state index contributed by atoms with van der Waals surface area (Å²) in [5.74, 6) is -1.39. The molecule has 0 aromatic heterocycles. The summed E-state index contributed by atoms with van der Waals surface area (Å²) in [6.07, 6.45) is -17.0. The Kier molecular flexibility index (Phi) is 7.56. The topological polar surface area (TPSA) is 168 Å². The van der Waals surface area contributed by atoms with E-state index in [1.807, 2.05) is 0 Å². The third-order valence-corrected chi connectivity index (χ3v) is 12.0. The molecule has 9 atom stereocenters. The zero-order chi connectivity index (χ0) is 34.8. The molecule has 1 aromatic carbocycles. The zero-order valence-electron chi connectivity index (χ0n) is 26.5. The number of para-hydroxylation sites is 1. The Balaban J connectivity index is 1.53. The quantitative estimate of drug-likeness (QED) is 0.0740. The number of benzene rings is 1. The Morgan fingerprint density at radius 3 is 1.61 bits per heavy atom. The third kappa shape index (κ3) is 5.22. The summed E-state index contributed by atoms with van der Waals surface area (Å²) in [7, 11) is 0. The van der Waals surface area contributed by atoms with Crippen LogP contribution in [-0.4, -0.2) is 110 Å². The number of aliphatic hydroxyl groups is 1. The number of ether oxygens (including phenoxy) is 6. The van der Waals surface area contributed by atoms with E-state index in [9.17, 15) is 10.2 Å². The first kappa shape index (κ1) is 33.9. The van der Waals surface area contributed by atoms with Crippen molar-refractivity contribution >= 4 is 5.69 Å². The van der Waals surface area contributed by atoms with Crippen molar-refractivity contribution in [2.75, 3.05) is 45.4 Å². The lowest BCUT2D eigenvalue weighted by Gasteiger charge is -2.70. The van der Waals surface area contributed by atoms with Gasteiger partial charge in [0, 0.05) is 22.8 Å². The number of rotatable bonds is 14. The van der Waals surface area contributed by atoms with Crippen molar-refractivity contribution in [1.29, 1.82) is 0 Å². The molecule has 9 unspecified atom stereocenters. The summed E-state index contributed by atoms with van der Waals surface area (Å²) in [6.45, 7) is 0.895. The molecule has 8 rings (SSSR count). The Hall–Kier alpha value is -2.18. The van der Waals surface area contributed by atoms with Crippen LogP contribution in [0.1, 0.15) is 44.1 Å². The second kappa shape index (κ2) is 10.9. The maximum Gasteiger partial charge on any atom is 0.408 e. The fourth-order valence-corrected chi connectivity index (χ4v) is 9.39. The fourth-order valence-electron chi connectivity index (χ4n) is 9.39. The number of nitrogens with two attached hydrogens (primary N) is 2. The monoisotopic (exact) mass is 706 g/mol. The van der Waals surface area contributed by atoms with Crippen LogP contribution in [0.4, 0.5) is 32.0 Å². The normalized spacial score (nSPS) is 42.4. The van der Waals surface area contributed by atoms with Crippen molar-refractivity contribution in [2.24, 2.45) is 16.6 Å². The van der Waals surface area contributed by atoms with Crippen LogP contribution >= 0.6 is 0 Å². The number of halogens is 6. The second-order valence-electron chi connectivity index (χ2n) is 15.0. The molecule has 0 saturated carbocycles. The van der Waals surface area contributed by atoms with Crippen LogP contribution in [0, 0.1) is 10.8 Å². The molecule has 6 saturated heterocycles. The Morgan fingerprint density at radius 1 is 0.694 bits per heavy atom. The van der Waals surface area contributed by atoms with Gasteiger partial charge in [-0.05, 0) is 38.2 Å². The van der Waals surface area contributed by atoms with Gasteiger partial charge in [-0.3, -0.25) is 0 Å². The van der Waals surface area contributed by atoms with Gasteiger partial charge >= 0.3 is 12.4 Å². The van der Waals surface area contributed by atoms with Crippen molar-refractivity contribution < 1.29 is 65.0 Å². The van der Waals surface area contributed by atoms with E-state index in [2.05, 4.69) is 0 Å². The highest BCUT2D eigenvalue weighted by Gasteiger charge is 2.88. The van der Waals surface area contributed by atoms with Gasteiger partial charge in [-0.15, -0.1) is 0 Å². The minimum atomic E-state index is -6.18. The number of phenolic OH excluding ortho intramolecular Hbond substituents is 1. The number of aromatic hydroxyl groups is 1. The van der Waals surface area contributed by atoms with Crippen LogP contribution in [0.5, 0.6) is 5.75 Å². The first-order valence-corrected chi connectivity index (χ1v) is 16.6. The van der Waals surface area contributed by atoms with Crippen molar-refractivity contribution in [1.82, 2.24) is 0 Å². The van der Waals surface area contributed by atoms with E-state index >= 15 is 26.3 Å². The Morgan fingerprint density at radius 2 is 1.14 bits per heavy atom. The lowest BCUT2D eigenvalue weighted by Crippen LogP contribution is -2.84. The summed E-state index contributed by atoms with van der Waals surface area (Å²) >= 11 is 0. The van der Waals surface area contributed by atoms with Crippen LogP contribution in [0.2, 0.25) is 0 Å². The van der Waals surface area contributed by atoms with E-state index < -0.39 is 106 Å². The van der Waals surface area contributed by atoms with Gasteiger partial charge < -0.3 is 50.1 Å². The molecule has 0 bridgehead atoms. The van der Waals surface area contributed by atoms with Crippen LogP contribution in [-0.2, 0) is 33.8 Å². The average molecular weight is 707 g/mol. The number of anilines is 1. The molecule has 7 aliphatic rings. The lowest BCUT2D eigenvalue weighted by atomic mass is 9.36. The van der Waals surface area contributed by atoms with Crippen LogP contribution in [0.15, 0.2) is 29.8 Å². The largest absolute Gasteiger partial charge is 0.505 e. The predicted octanol–water partition coefficient (Wildman–Crippen LogP) is 3.41. The van der Waals surface area contributed by atoms with Crippen LogP contribution in [0.25, 0.3) is 0 Å². The molecule has 1 aromatic rings. The second-order valence-corrected chi connectivity index (χ2v) is 15.0. The highest BCUT2D eigenvalue weighted by Crippen LogP contribution is 2.76. The molecule has 16 heteroatoms. The number of hydrogen-bond donors (Lipinski definition) is 4. The molecule has 1 aliphatic carbocycles. The predicted molar refractivity (Wildman–Crippen MR) is 157 cm³/mol. The summed E-state index contributed by atoms with van der Waals surface area (Å²) in [6, 6.07) is 2.52. The van der Waals surface area contributed by atoms with E-state index in [4.69, 9.17) is 39.9 Å². The average Bonchev–Trinajstić information content (AvgIpc) is 3.77. The third-order valence-electron chi connectivity index (χ3n) is 12.0. The number of nitrogen functional groups attached to an aromatic ring is 1. The maximum absolute atomic E-state index is 16.4. The van der Waals surface area contributed by atoms with Gasteiger partial charge in [0.15, 0.2) is 0 Å². The molecule has 0 radical (unpaired) electrons. The van der Waals surface area contributed by atoms with Crippen molar-refractivity contribution in [3.63, 3.8) is 0 Å². The molecule has 6 heterocycles. The van der Waals surface area contributed by atoms with E-state index in [-0.39, 0.29) is 57.7 Å². The molecule has 272 valence electrons. The van der Waals surface area contributed by atoms with Gasteiger partial charge in [0.2, 0.25) is 5.41 Å². The summed E-state index contributed by atoms with van der Waals surface area (Å²) in [5, 5.41) is 24.9. The molecule has 49 heavy (non-hydrogen) atoms. The van der Waals surface area contributed by atoms with E-state index in [1.54, 1.807) is 0 Å². The van der Waals surface area contributed by atoms with Crippen molar-refractivity contribution in [3.05, 3.63) is 35.4 Å². The highest BCUT2D eigenvalue weighted by molar-refractivity contribution is 5.61. The maximum atomic E-state index is 16.4. The molecule has 0 spiro atoms. The lowest BCUT2D eigenvalue weighted by molar-refractivity contribution is -0.364. The van der Waals surface area contributed by atoms with Crippen molar-refractivity contribution in [3.8, 4) is 5.75 Å². The van der Waals surface area contributed by atoms with Crippen LogP contribution < -0.4 is 11.5 Å². The van der Waals surface area contributed by atoms with E-state index in [0.717, 1.165) is 18.2 Å². The van der Waals surface area contributed by atoms with Gasteiger partial charge in [-0.2, -0.15) is 26.3 Å². The van der Waals surface area contributed by atoms with Gasteiger partial charge in [0.1, 0.15) is 5.75 Å². The van der Waals surface area contributed by atoms with E-state index in [0.29, 0.717) is 19.3 Å². The first-order valence-electron chi connectivity index (χ1n) is 16.6. The standard InChI is InChI=1S/C33H40F6N2O8/c34-32(35,36)31(33(37,38)39,24-2-1-3-25(40)26(24)42)28(8-21-14-47-21)5-17(4-18-11-44-18)27(6-19-12-45-19,7-20-13-46-20)29(41,9-22-15-48-22)30(28,43)10-23-16-49-23/h1-3,5,18-23,42-43H,4,6-16,40-41H2. The van der Waals surface area contributed by atoms with Gasteiger partial charge in [-0.1, -0.05) is 23.8 Å². The molecule has 10 nitrogen and oxygen atoms in total. The summed E-state index contributed by atoms with van der Waals surface area (Å²) in [5.41, 5.74) is -3.46. The molecule has 6 aliphatic heterocycles. The van der Waals surface area contributed by atoms with E-state index in [1.165, 1.54) is 0 Å². The minimum absolute atomic E-state index is 0.000143. The smallest absolute Gasteiger partial charge is 0.408 e. The summed E-state index contributed by atoms with van der Waals surface area (Å²) in [4.78, 5) is 0. The Labute approximate surface area is 277 Å². The Bertz CT molecular complexity index is 1470. The number of hydrogen-bond acceptors (Lipinski definition) is 10. The fraction of sp³-hybridized carbons (Fsp3) is 0.758. The molecule has 0 amide bonds. The summed E-state index contributed by atoms with van der Waals surface area (Å²) < 4.78 is 132. The zero-order valence-corrected chi connectivity index (χ0v) is 26.5. The molecular formula is C33H40F6N2O8. The molecule has 6 fully saturated rings. The number of epoxide rings is 6. The van der Waals surface area contributed by atoms with Crippen LogP contribution in [0.3, 0.4) is 0 Å². The SMILES string of the molecule is Nc1cccc(C(C(F)(F)F)(C(F)(F)F)C2(CC3CO3)C=C(CC3CO3)C(CC3CO3)(CC3CO3)C(N)(CC3CO3)C2(O)CC2CO2)c1O. The minimum Gasteiger partial charge on any atom is -0.505 e. The molecule has 6 N–H and O–H groups in total. The van der Waals surface area contributed by atoms with Gasteiger partial charge in [-0.25, -0.2) is 0 Å². The van der Waals surface area contributed by atoms with Crippen molar-refractivity contribution in [2.45, 2.75) is 104 Å². The number of phenols is 1. The van der Waals surface area contributed by atoms with Gasteiger partial charge in [0.25, 0.3) is 0 Å². The highest BCUT2D eigenvalue weighted by atomic mass is 19.4. The number of alkyl halides is 6.